The summed E-state index contributed by atoms with van der Waals surface area (Å²) < 4.78 is 0. The van der Waals surface area contributed by atoms with Crippen LogP contribution in [0.25, 0.3) is 0 Å². The Hall–Kier alpha value is -0.870. The number of hydrogen-bond donors (Lipinski definition) is 0. The maximum absolute atomic E-state index is 12.0. The lowest BCUT2D eigenvalue weighted by molar-refractivity contribution is -0.130. The molecule has 0 N–H and O–H groups in total. The second-order valence-electron chi connectivity index (χ2n) is 4.94. The molecular weight excluding hydrogens is 244 g/mol. The van der Waals surface area contributed by atoms with Gasteiger partial charge >= 0.3 is 0 Å². The molecule has 3 nitrogen and oxygen atoms in total. The molecule has 18 heavy (non-hydrogen) atoms. The monoisotopic (exact) mass is 266 g/mol. The topological polar surface area (TPSA) is 23.6 Å². The number of carbonyl (C=O) groups excluding carboxylic acids is 1. The minimum absolute atomic E-state index is 0.266. The van der Waals surface area contributed by atoms with Crippen molar-refractivity contribution >= 4 is 17.2 Å². The summed E-state index contributed by atoms with van der Waals surface area (Å²) in [5, 5.41) is 2.07. The minimum Gasteiger partial charge on any atom is -0.344 e. The third-order valence-corrected chi connectivity index (χ3v) is 4.48. The van der Waals surface area contributed by atoms with E-state index in [1.54, 1.807) is 11.3 Å². The first-order valence-corrected chi connectivity index (χ1v) is 7.62. The van der Waals surface area contributed by atoms with E-state index in [2.05, 4.69) is 16.3 Å². The quantitative estimate of drug-likeness (QED) is 0.788. The Morgan fingerprint density at radius 2 is 2.22 bits per heavy atom. The molecule has 0 unspecified atom stereocenters. The molecule has 1 aliphatic rings. The summed E-state index contributed by atoms with van der Waals surface area (Å²) in [7, 11) is 1.92. The molecule has 0 saturated carbocycles. The molecule has 0 bridgehead atoms. The molecular formula is C14H22N2OS. The number of nitrogens with zero attached hydrogens (tertiary/aromatic N) is 2. The van der Waals surface area contributed by atoms with Crippen LogP contribution in [0.2, 0.25) is 0 Å². The molecule has 2 heterocycles. The predicted molar refractivity (Wildman–Crippen MR) is 76.0 cm³/mol. The van der Waals surface area contributed by atoms with Gasteiger partial charge in [0.05, 0.1) is 0 Å². The van der Waals surface area contributed by atoms with Gasteiger partial charge in [0.25, 0.3) is 0 Å². The van der Waals surface area contributed by atoms with E-state index >= 15 is 0 Å². The summed E-state index contributed by atoms with van der Waals surface area (Å²) in [5.74, 6) is 0.266. The molecule has 4 heteroatoms. The molecule has 0 atom stereocenters. The van der Waals surface area contributed by atoms with E-state index in [1.165, 1.54) is 30.8 Å². The zero-order valence-corrected chi connectivity index (χ0v) is 11.9. The Kier molecular flexibility index (Phi) is 5.20. The van der Waals surface area contributed by atoms with E-state index in [0.29, 0.717) is 6.42 Å². The van der Waals surface area contributed by atoms with Gasteiger partial charge in [-0.05, 0) is 43.8 Å². The Labute approximate surface area is 113 Å². The molecule has 1 aliphatic heterocycles. The van der Waals surface area contributed by atoms with Crippen LogP contribution in [0.3, 0.4) is 0 Å². The van der Waals surface area contributed by atoms with E-state index in [0.717, 1.165) is 19.5 Å². The fraction of sp³-hybridized carbons (Fsp3) is 0.643. The van der Waals surface area contributed by atoms with Gasteiger partial charge in [-0.15, -0.1) is 11.3 Å². The molecule has 2 rings (SSSR count). The third kappa shape index (κ3) is 4.10. The molecule has 1 amide bonds. The van der Waals surface area contributed by atoms with Gasteiger partial charge in [-0.25, -0.2) is 0 Å². The van der Waals surface area contributed by atoms with Gasteiger partial charge in [0, 0.05) is 31.4 Å². The highest BCUT2D eigenvalue weighted by Gasteiger charge is 2.14. The summed E-state index contributed by atoms with van der Waals surface area (Å²) in [4.78, 5) is 17.6. The van der Waals surface area contributed by atoms with Crippen molar-refractivity contribution in [3.8, 4) is 0 Å². The van der Waals surface area contributed by atoms with Crippen LogP contribution >= 0.6 is 11.3 Å². The largest absolute Gasteiger partial charge is 0.344 e. The van der Waals surface area contributed by atoms with Crippen molar-refractivity contribution in [2.45, 2.75) is 25.7 Å². The van der Waals surface area contributed by atoms with Crippen LogP contribution in [0, 0.1) is 0 Å². The fourth-order valence-corrected chi connectivity index (χ4v) is 3.01. The standard InChI is InChI=1S/C14H22N2OS/c1-15(10-11-16-8-2-3-9-16)14(17)7-6-13-5-4-12-18-13/h4-5,12H,2-3,6-11H2,1H3. The van der Waals surface area contributed by atoms with E-state index in [-0.39, 0.29) is 5.91 Å². The SMILES string of the molecule is CN(CCN1CCCC1)C(=O)CCc1cccs1. The summed E-state index contributed by atoms with van der Waals surface area (Å²) in [6.45, 7) is 4.30. The van der Waals surface area contributed by atoms with Gasteiger partial charge in [-0.2, -0.15) is 0 Å². The molecule has 1 aromatic rings. The second-order valence-corrected chi connectivity index (χ2v) is 5.98. The van der Waals surface area contributed by atoms with Crippen molar-refractivity contribution in [1.82, 2.24) is 9.80 Å². The Morgan fingerprint density at radius 1 is 1.44 bits per heavy atom. The van der Waals surface area contributed by atoms with Crippen molar-refractivity contribution in [3.05, 3.63) is 22.4 Å². The average molecular weight is 266 g/mol. The second kappa shape index (κ2) is 6.90. The number of rotatable bonds is 6. The van der Waals surface area contributed by atoms with Crippen molar-refractivity contribution in [2.75, 3.05) is 33.2 Å². The van der Waals surface area contributed by atoms with Crippen LogP contribution in [0.1, 0.15) is 24.1 Å². The van der Waals surface area contributed by atoms with Gasteiger partial charge in [0.15, 0.2) is 0 Å². The molecule has 1 fully saturated rings. The number of hydrogen-bond acceptors (Lipinski definition) is 3. The molecule has 0 aromatic carbocycles. The van der Waals surface area contributed by atoms with Crippen LogP contribution in [0.15, 0.2) is 17.5 Å². The molecule has 1 aromatic heterocycles. The van der Waals surface area contributed by atoms with Crippen LogP contribution in [-0.2, 0) is 11.2 Å². The van der Waals surface area contributed by atoms with Gasteiger partial charge in [-0.1, -0.05) is 6.07 Å². The zero-order chi connectivity index (χ0) is 12.8. The molecule has 0 radical (unpaired) electrons. The van der Waals surface area contributed by atoms with Gasteiger partial charge < -0.3 is 9.80 Å². The smallest absolute Gasteiger partial charge is 0.222 e. The number of aryl methyl sites for hydroxylation is 1. The molecule has 100 valence electrons. The van der Waals surface area contributed by atoms with Gasteiger partial charge in [0.2, 0.25) is 5.91 Å². The van der Waals surface area contributed by atoms with E-state index in [4.69, 9.17) is 0 Å². The molecule has 0 aliphatic carbocycles. The zero-order valence-electron chi connectivity index (χ0n) is 11.1. The lowest BCUT2D eigenvalue weighted by Crippen LogP contribution is -2.35. The number of carbonyl (C=O) groups is 1. The number of likely N-dealkylation sites (N-methyl/N-ethyl adjacent to an activating group) is 1. The van der Waals surface area contributed by atoms with Crippen LogP contribution in [0.5, 0.6) is 0 Å². The maximum Gasteiger partial charge on any atom is 0.222 e. The van der Waals surface area contributed by atoms with Crippen molar-refractivity contribution in [1.29, 1.82) is 0 Å². The Balaban J connectivity index is 1.64. The molecule has 1 saturated heterocycles. The highest BCUT2D eigenvalue weighted by molar-refractivity contribution is 7.09. The van der Waals surface area contributed by atoms with Crippen LogP contribution < -0.4 is 0 Å². The number of thiophene rings is 1. The average Bonchev–Trinajstić information content (AvgIpc) is 3.05. The predicted octanol–water partition coefficient (Wildman–Crippen LogP) is 2.23. The summed E-state index contributed by atoms with van der Waals surface area (Å²) >= 11 is 1.73. The highest BCUT2D eigenvalue weighted by atomic mass is 32.1. The normalized spacial score (nSPS) is 16.1. The minimum atomic E-state index is 0.266. The molecule has 0 spiro atoms. The van der Waals surface area contributed by atoms with E-state index < -0.39 is 0 Å². The lowest BCUT2D eigenvalue weighted by Gasteiger charge is -2.21. The number of likely N-dealkylation sites (tertiary alicyclic amines) is 1. The summed E-state index contributed by atoms with van der Waals surface area (Å²) in [6, 6.07) is 4.14. The summed E-state index contributed by atoms with van der Waals surface area (Å²) in [5.41, 5.74) is 0. The van der Waals surface area contributed by atoms with Crippen molar-refractivity contribution < 1.29 is 4.79 Å². The first-order chi connectivity index (χ1) is 8.75. The van der Waals surface area contributed by atoms with E-state index in [1.807, 2.05) is 18.0 Å². The van der Waals surface area contributed by atoms with Crippen LogP contribution in [0.4, 0.5) is 0 Å². The van der Waals surface area contributed by atoms with E-state index in [9.17, 15) is 4.79 Å². The highest BCUT2D eigenvalue weighted by Crippen LogP contribution is 2.12. The Morgan fingerprint density at radius 3 is 2.89 bits per heavy atom. The van der Waals surface area contributed by atoms with Crippen LogP contribution in [-0.4, -0.2) is 48.9 Å². The van der Waals surface area contributed by atoms with Crippen molar-refractivity contribution in [2.24, 2.45) is 0 Å². The van der Waals surface area contributed by atoms with Gasteiger partial charge in [-0.3, -0.25) is 4.79 Å². The number of amides is 1. The third-order valence-electron chi connectivity index (χ3n) is 3.54. The summed E-state index contributed by atoms with van der Waals surface area (Å²) in [6.07, 6.45) is 4.15. The van der Waals surface area contributed by atoms with Gasteiger partial charge in [0.1, 0.15) is 0 Å². The first-order valence-electron chi connectivity index (χ1n) is 6.74. The van der Waals surface area contributed by atoms with Crippen molar-refractivity contribution in [3.63, 3.8) is 0 Å². The fourth-order valence-electron chi connectivity index (χ4n) is 2.30. The lowest BCUT2D eigenvalue weighted by atomic mass is 10.2. The Bertz CT molecular complexity index is 358. The first kappa shape index (κ1) is 13.6. The maximum atomic E-state index is 12.0.